The monoisotopic (exact) mass is 434 g/mol. The number of rotatable bonds is 7. The Labute approximate surface area is 180 Å². The Balaban J connectivity index is 1.67. The number of benzene rings is 3. The maximum atomic E-state index is 14.0. The van der Waals surface area contributed by atoms with E-state index in [0.717, 1.165) is 16.8 Å². The van der Waals surface area contributed by atoms with Crippen molar-refractivity contribution in [3.05, 3.63) is 106 Å². The first kappa shape index (κ1) is 21.0. The molecule has 6 nitrogen and oxygen atoms in total. The second-order valence-corrected chi connectivity index (χ2v) is 6.91. The van der Waals surface area contributed by atoms with Crippen molar-refractivity contribution >= 4 is 22.3 Å². The van der Waals surface area contributed by atoms with E-state index in [-0.39, 0.29) is 22.4 Å². The predicted octanol–water partition coefficient (Wildman–Crippen LogP) is 3.82. The highest BCUT2D eigenvalue weighted by Crippen LogP contribution is 2.21. The maximum Gasteiger partial charge on any atom is 0.275 e. The van der Waals surface area contributed by atoms with Crippen LogP contribution in [0.3, 0.4) is 0 Å². The lowest BCUT2D eigenvalue weighted by Crippen LogP contribution is -2.28. The summed E-state index contributed by atoms with van der Waals surface area (Å²) in [7, 11) is 0. The lowest BCUT2D eigenvalue weighted by Gasteiger charge is -2.12. The topological polar surface area (TPSA) is 78.3 Å². The molecule has 4 rings (SSSR count). The van der Waals surface area contributed by atoms with Crippen molar-refractivity contribution in [3.63, 3.8) is 0 Å². The fraction of sp³-hybridized carbons (Fsp3) is 0.0833. The highest BCUT2D eigenvalue weighted by Gasteiger charge is 2.18. The molecule has 0 spiro atoms. The van der Waals surface area contributed by atoms with E-state index in [1.807, 2.05) is 0 Å². The van der Waals surface area contributed by atoms with Crippen LogP contribution in [0.1, 0.15) is 20.7 Å². The fourth-order valence-corrected chi connectivity index (χ4v) is 3.23. The van der Waals surface area contributed by atoms with E-state index in [2.05, 4.69) is 5.10 Å². The van der Waals surface area contributed by atoms with Crippen molar-refractivity contribution < 1.29 is 23.1 Å². The molecule has 1 heterocycles. The van der Waals surface area contributed by atoms with Crippen LogP contribution >= 0.6 is 0 Å². The summed E-state index contributed by atoms with van der Waals surface area (Å²) in [5.41, 5.74) is -0.885. The summed E-state index contributed by atoms with van der Waals surface area (Å²) in [6, 6.07) is 17.3. The Bertz CT molecular complexity index is 1400. The van der Waals surface area contributed by atoms with Crippen LogP contribution in [0.4, 0.5) is 8.78 Å². The van der Waals surface area contributed by atoms with Gasteiger partial charge in [-0.25, -0.2) is 13.5 Å². The Morgan fingerprint density at radius 3 is 1.94 bits per heavy atom. The van der Waals surface area contributed by atoms with Crippen molar-refractivity contribution in [3.8, 4) is 5.88 Å². The van der Waals surface area contributed by atoms with E-state index >= 15 is 0 Å². The summed E-state index contributed by atoms with van der Waals surface area (Å²) in [6.45, 7) is -1.06. The molecule has 1 aromatic heterocycles. The van der Waals surface area contributed by atoms with Crippen LogP contribution in [0.25, 0.3) is 10.8 Å². The van der Waals surface area contributed by atoms with Crippen molar-refractivity contribution in [2.24, 2.45) is 0 Å². The van der Waals surface area contributed by atoms with Crippen LogP contribution in [-0.2, 0) is 6.54 Å². The maximum absolute atomic E-state index is 14.0. The van der Waals surface area contributed by atoms with Gasteiger partial charge in [0.1, 0.15) is 18.2 Å². The Hall–Kier alpha value is -4.20. The highest BCUT2D eigenvalue weighted by molar-refractivity contribution is 5.98. The van der Waals surface area contributed by atoms with E-state index in [1.54, 1.807) is 18.2 Å². The minimum Gasteiger partial charge on any atom is -0.468 e. The molecular formula is C24H16F2N2O4. The molecule has 32 heavy (non-hydrogen) atoms. The number of fused-ring (bicyclic) bond motifs is 1. The van der Waals surface area contributed by atoms with Crippen molar-refractivity contribution in [1.29, 1.82) is 0 Å². The smallest absolute Gasteiger partial charge is 0.275 e. The normalized spacial score (nSPS) is 10.8. The number of nitrogens with zero attached hydrogens (tertiary/aromatic N) is 2. The van der Waals surface area contributed by atoms with Gasteiger partial charge in [-0.1, -0.05) is 36.4 Å². The second kappa shape index (κ2) is 8.89. The molecular weight excluding hydrogens is 418 g/mol. The van der Waals surface area contributed by atoms with Gasteiger partial charge in [0.25, 0.3) is 5.56 Å². The molecule has 0 saturated heterocycles. The zero-order valence-corrected chi connectivity index (χ0v) is 16.6. The number of aromatic nitrogens is 2. The molecule has 0 saturated carbocycles. The molecule has 0 radical (unpaired) electrons. The molecule has 0 amide bonds. The van der Waals surface area contributed by atoms with Crippen LogP contribution in [0, 0.1) is 11.6 Å². The zero-order valence-electron chi connectivity index (χ0n) is 16.6. The summed E-state index contributed by atoms with van der Waals surface area (Å²) < 4.78 is 34.2. The summed E-state index contributed by atoms with van der Waals surface area (Å²) in [5.74, 6) is -2.74. The minimum absolute atomic E-state index is 0.0776. The summed E-state index contributed by atoms with van der Waals surface area (Å²) in [6.07, 6.45) is 0. The SMILES string of the molecule is O=C(COc1nn(CC(=O)c2ccccc2F)c(=O)c2ccccc12)c1ccccc1F. The van der Waals surface area contributed by atoms with Crippen molar-refractivity contribution in [2.45, 2.75) is 6.54 Å². The number of carbonyl (C=O) groups is 2. The van der Waals surface area contributed by atoms with Gasteiger partial charge in [0.2, 0.25) is 11.7 Å². The van der Waals surface area contributed by atoms with Gasteiger partial charge in [-0.05, 0) is 36.4 Å². The van der Waals surface area contributed by atoms with Crippen molar-refractivity contribution in [1.82, 2.24) is 9.78 Å². The van der Waals surface area contributed by atoms with Gasteiger partial charge in [-0.2, -0.15) is 0 Å². The average Bonchev–Trinajstić information content (AvgIpc) is 2.80. The van der Waals surface area contributed by atoms with Crippen LogP contribution in [0.5, 0.6) is 5.88 Å². The lowest BCUT2D eigenvalue weighted by molar-refractivity contribution is 0.0907. The molecule has 3 aromatic carbocycles. The van der Waals surface area contributed by atoms with Gasteiger partial charge in [-0.3, -0.25) is 14.4 Å². The first-order valence-corrected chi connectivity index (χ1v) is 9.64. The van der Waals surface area contributed by atoms with Crippen LogP contribution in [-0.4, -0.2) is 28.0 Å². The third kappa shape index (κ3) is 4.15. The Morgan fingerprint density at radius 1 is 0.781 bits per heavy atom. The molecule has 0 aliphatic rings. The quantitative estimate of drug-likeness (QED) is 0.413. The summed E-state index contributed by atoms with van der Waals surface area (Å²) in [4.78, 5) is 37.7. The van der Waals surface area contributed by atoms with Crippen molar-refractivity contribution in [2.75, 3.05) is 6.61 Å². The molecule has 0 atom stereocenters. The highest BCUT2D eigenvalue weighted by atomic mass is 19.1. The van der Waals surface area contributed by atoms with Gasteiger partial charge >= 0.3 is 0 Å². The van der Waals surface area contributed by atoms with Crippen LogP contribution < -0.4 is 10.3 Å². The third-order valence-corrected chi connectivity index (χ3v) is 4.82. The Kier molecular flexibility index (Phi) is 5.85. The number of hydrogen-bond acceptors (Lipinski definition) is 5. The van der Waals surface area contributed by atoms with E-state index in [4.69, 9.17) is 4.74 Å². The molecule has 0 unspecified atom stereocenters. The van der Waals surface area contributed by atoms with Crippen LogP contribution in [0.15, 0.2) is 77.6 Å². The fourth-order valence-electron chi connectivity index (χ4n) is 3.23. The van der Waals surface area contributed by atoms with E-state index in [0.29, 0.717) is 5.39 Å². The molecule has 0 bridgehead atoms. The number of carbonyl (C=O) groups excluding carboxylic acids is 2. The largest absolute Gasteiger partial charge is 0.468 e. The Morgan fingerprint density at radius 2 is 1.31 bits per heavy atom. The molecule has 0 fully saturated rings. The summed E-state index contributed by atoms with van der Waals surface area (Å²) >= 11 is 0. The van der Waals surface area contributed by atoms with Gasteiger partial charge in [0.15, 0.2) is 12.4 Å². The third-order valence-electron chi connectivity index (χ3n) is 4.82. The van der Waals surface area contributed by atoms with E-state index < -0.39 is 41.9 Å². The van der Waals surface area contributed by atoms with E-state index in [1.165, 1.54) is 42.5 Å². The summed E-state index contributed by atoms with van der Waals surface area (Å²) in [5, 5.41) is 4.61. The van der Waals surface area contributed by atoms with Gasteiger partial charge in [0, 0.05) is 0 Å². The standard InChI is InChI=1S/C24H16F2N2O4/c25-19-11-5-3-9-17(19)21(29)13-28-24(31)16-8-2-1-7-15(16)23(27-28)32-14-22(30)18-10-4-6-12-20(18)26/h1-12H,13-14H2. The van der Waals surface area contributed by atoms with Gasteiger partial charge in [-0.15, -0.1) is 5.10 Å². The minimum atomic E-state index is -0.710. The molecule has 0 N–H and O–H groups in total. The lowest BCUT2D eigenvalue weighted by atomic mass is 10.1. The molecule has 4 aromatic rings. The molecule has 0 aliphatic carbocycles. The van der Waals surface area contributed by atoms with Gasteiger partial charge in [0.05, 0.1) is 21.9 Å². The van der Waals surface area contributed by atoms with Gasteiger partial charge < -0.3 is 4.74 Å². The predicted molar refractivity (Wildman–Crippen MR) is 113 cm³/mol. The molecule has 8 heteroatoms. The first-order valence-electron chi connectivity index (χ1n) is 9.64. The molecule has 0 aliphatic heterocycles. The number of halogens is 2. The first-order chi connectivity index (χ1) is 15.5. The average molecular weight is 434 g/mol. The second-order valence-electron chi connectivity index (χ2n) is 6.91. The molecule has 160 valence electrons. The van der Waals surface area contributed by atoms with Crippen LogP contribution in [0.2, 0.25) is 0 Å². The van der Waals surface area contributed by atoms with E-state index in [9.17, 15) is 23.2 Å². The number of Topliss-reactive ketones (excluding diaryl/α,β-unsaturated/α-hetero) is 2. The number of hydrogen-bond donors (Lipinski definition) is 0. The zero-order chi connectivity index (χ0) is 22.7. The number of ether oxygens (including phenoxy) is 1. The number of ketones is 2.